The van der Waals surface area contributed by atoms with E-state index in [-0.39, 0.29) is 17.3 Å². The topological polar surface area (TPSA) is 86.8 Å². The number of rotatable bonds is 10. The maximum Gasteiger partial charge on any atom is 0.264 e. The fourth-order valence-corrected chi connectivity index (χ4v) is 5.91. The highest BCUT2D eigenvalue weighted by atomic mass is 35.5. The highest BCUT2D eigenvalue weighted by molar-refractivity contribution is 7.92. The molecule has 1 unspecified atom stereocenters. The molecule has 0 aliphatic carbocycles. The molecule has 0 heterocycles. The molecule has 37 heavy (non-hydrogen) atoms. The molecule has 2 amide bonds. The van der Waals surface area contributed by atoms with E-state index < -0.39 is 28.5 Å². The number of carbonyl (C=O) groups excluding carboxylic acids is 2. The summed E-state index contributed by atoms with van der Waals surface area (Å²) in [6, 6.07) is 19.6. The van der Waals surface area contributed by atoms with Gasteiger partial charge in [-0.05, 0) is 55.7 Å². The minimum absolute atomic E-state index is 0.0521. The van der Waals surface area contributed by atoms with Gasteiger partial charge < -0.3 is 10.2 Å². The van der Waals surface area contributed by atoms with Gasteiger partial charge in [-0.3, -0.25) is 13.9 Å². The van der Waals surface area contributed by atoms with Gasteiger partial charge in [0.25, 0.3) is 10.0 Å². The van der Waals surface area contributed by atoms with Gasteiger partial charge in [-0.25, -0.2) is 8.42 Å². The Kier molecular flexibility index (Phi) is 9.34. The summed E-state index contributed by atoms with van der Waals surface area (Å²) in [5.74, 6) is -0.860. The fraction of sp³-hybridized carbons (Fsp3) is 0.286. The molecular weight excluding hydrogens is 510 g/mol. The van der Waals surface area contributed by atoms with Crippen molar-refractivity contribution in [2.75, 3.05) is 17.9 Å². The van der Waals surface area contributed by atoms with Gasteiger partial charge >= 0.3 is 0 Å². The van der Waals surface area contributed by atoms with Crippen LogP contribution in [0.15, 0.2) is 77.7 Å². The lowest BCUT2D eigenvalue weighted by atomic mass is 10.1. The lowest BCUT2D eigenvalue weighted by Crippen LogP contribution is -2.51. The first-order valence-corrected chi connectivity index (χ1v) is 13.8. The van der Waals surface area contributed by atoms with E-state index in [9.17, 15) is 18.0 Å². The summed E-state index contributed by atoms with van der Waals surface area (Å²) >= 11 is 6.38. The average molecular weight is 542 g/mol. The van der Waals surface area contributed by atoms with Crippen LogP contribution >= 0.6 is 11.6 Å². The lowest BCUT2D eigenvalue weighted by Gasteiger charge is -2.33. The van der Waals surface area contributed by atoms with Crippen molar-refractivity contribution in [1.29, 1.82) is 0 Å². The molecule has 0 aliphatic heterocycles. The molecule has 0 bridgehead atoms. The van der Waals surface area contributed by atoms with E-state index in [4.69, 9.17) is 11.6 Å². The summed E-state index contributed by atoms with van der Waals surface area (Å²) < 4.78 is 28.8. The lowest BCUT2D eigenvalue weighted by molar-refractivity contribution is -0.140. The molecule has 0 fully saturated rings. The van der Waals surface area contributed by atoms with Gasteiger partial charge in [0, 0.05) is 18.6 Å². The number of hydrogen-bond donors (Lipinski definition) is 1. The Labute approximate surface area is 224 Å². The smallest absolute Gasteiger partial charge is 0.264 e. The maximum absolute atomic E-state index is 13.9. The van der Waals surface area contributed by atoms with Crippen LogP contribution in [0.5, 0.6) is 0 Å². The number of amides is 2. The summed E-state index contributed by atoms with van der Waals surface area (Å²) in [4.78, 5) is 28.1. The molecule has 0 aromatic heterocycles. The van der Waals surface area contributed by atoms with Crippen molar-refractivity contribution in [1.82, 2.24) is 10.2 Å². The highest BCUT2D eigenvalue weighted by Crippen LogP contribution is 2.28. The summed E-state index contributed by atoms with van der Waals surface area (Å²) in [5, 5.41) is 3.06. The minimum atomic E-state index is -4.10. The SMILES string of the molecule is CCC(C(=O)NC)N(Cc1ccccc1Cl)C(=O)CN(c1ccc(C)cc1C)S(=O)(=O)c1ccccc1. The van der Waals surface area contributed by atoms with Crippen LogP contribution < -0.4 is 9.62 Å². The normalized spacial score (nSPS) is 12.0. The zero-order valence-corrected chi connectivity index (χ0v) is 23.0. The number of hydrogen-bond acceptors (Lipinski definition) is 4. The number of anilines is 1. The van der Waals surface area contributed by atoms with Crippen molar-refractivity contribution >= 4 is 39.1 Å². The molecule has 3 rings (SSSR count). The van der Waals surface area contributed by atoms with E-state index in [2.05, 4.69) is 5.32 Å². The molecular formula is C28H32ClN3O4S. The van der Waals surface area contributed by atoms with E-state index in [0.717, 1.165) is 9.87 Å². The largest absolute Gasteiger partial charge is 0.357 e. The average Bonchev–Trinajstić information content (AvgIpc) is 2.88. The summed E-state index contributed by atoms with van der Waals surface area (Å²) in [7, 11) is -2.59. The number of aryl methyl sites for hydroxylation is 2. The number of halogens is 1. The Morgan fingerprint density at radius 3 is 2.22 bits per heavy atom. The van der Waals surface area contributed by atoms with Gasteiger partial charge in [-0.1, -0.05) is 72.6 Å². The number of nitrogens with zero attached hydrogens (tertiary/aromatic N) is 2. The first-order chi connectivity index (χ1) is 17.6. The standard InChI is InChI=1S/C28H32ClN3O4S/c1-5-25(28(34)30-4)31(18-22-11-9-10-14-24(22)29)27(33)19-32(26-16-15-20(2)17-21(26)3)37(35,36)23-12-7-6-8-13-23/h6-17,25H,5,18-19H2,1-4H3,(H,30,34). The zero-order chi connectivity index (χ0) is 27.2. The first-order valence-electron chi connectivity index (χ1n) is 12.0. The molecule has 0 aliphatic rings. The van der Waals surface area contributed by atoms with E-state index in [1.54, 1.807) is 68.4 Å². The second kappa shape index (κ2) is 12.3. The van der Waals surface area contributed by atoms with Crippen LogP contribution in [-0.2, 0) is 26.2 Å². The minimum Gasteiger partial charge on any atom is -0.357 e. The molecule has 196 valence electrons. The molecule has 9 heteroatoms. The van der Waals surface area contributed by atoms with Crippen LogP contribution in [0, 0.1) is 13.8 Å². The Morgan fingerprint density at radius 2 is 1.62 bits per heavy atom. The van der Waals surface area contributed by atoms with Crippen molar-refractivity contribution in [2.24, 2.45) is 0 Å². The Bertz CT molecular complexity index is 1360. The van der Waals surface area contributed by atoms with Gasteiger partial charge in [0.05, 0.1) is 10.6 Å². The molecule has 7 nitrogen and oxygen atoms in total. The molecule has 3 aromatic carbocycles. The van der Waals surface area contributed by atoms with E-state index in [0.29, 0.717) is 28.3 Å². The van der Waals surface area contributed by atoms with Crippen LogP contribution in [0.2, 0.25) is 5.02 Å². The first kappa shape index (κ1) is 28.2. The summed E-state index contributed by atoms with van der Waals surface area (Å²) in [5.41, 5.74) is 2.73. The number of benzene rings is 3. The van der Waals surface area contributed by atoms with E-state index in [1.165, 1.54) is 24.1 Å². The number of nitrogens with one attached hydrogen (secondary N) is 1. The molecule has 3 aromatic rings. The van der Waals surface area contributed by atoms with Crippen molar-refractivity contribution in [2.45, 2.75) is 44.7 Å². The second-order valence-corrected chi connectivity index (χ2v) is 11.0. The third-order valence-corrected chi connectivity index (χ3v) is 8.30. The molecule has 0 saturated heterocycles. The van der Waals surface area contributed by atoms with Gasteiger partial charge in [-0.2, -0.15) is 0 Å². The van der Waals surface area contributed by atoms with Gasteiger partial charge in [0.1, 0.15) is 12.6 Å². The van der Waals surface area contributed by atoms with Crippen LogP contribution in [0.1, 0.15) is 30.0 Å². The number of carbonyl (C=O) groups is 2. The molecule has 1 atom stereocenters. The fourth-order valence-electron chi connectivity index (χ4n) is 4.21. The van der Waals surface area contributed by atoms with Crippen molar-refractivity contribution in [3.05, 3.63) is 94.5 Å². The van der Waals surface area contributed by atoms with E-state index >= 15 is 0 Å². The third kappa shape index (κ3) is 6.50. The monoisotopic (exact) mass is 541 g/mol. The predicted molar refractivity (Wildman–Crippen MR) is 147 cm³/mol. The van der Waals surface area contributed by atoms with Crippen molar-refractivity contribution in [3.8, 4) is 0 Å². The molecule has 0 saturated carbocycles. The Hall–Kier alpha value is -3.36. The second-order valence-electron chi connectivity index (χ2n) is 8.77. The zero-order valence-electron chi connectivity index (χ0n) is 21.4. The Morgan fingerprint density at radius 1 is 0.973 bits per heavy atom. The van der Waals surface area contributed by atoms with Crippen molar-refractivity contribution in [3.63, 3.8) is 0 Å². The van der Waals surface area contributed by atoms with Crippen LogP contribution in [0.25, 0.3) is 0 Å². The van der Waals surface area contributed by atoms with Crippen molar-refractivity contribution < 1.29 is 18.0 Å². The van der Waals surface area contributed by atoms with Crippen LogP contribution in [0.4, 0.5) is 5.69 Å². The third-order valence-electron chi connectivity index (χ3n) is 6.16. The van der Waals surface area contributed by atoms with Crippen LogP contribution in [-0.4, -0.2) is 44.8 Å². The van der Waals surface area contributed by atoms with Gasteiger partial charge in [-0.15, -0.1) is 0 Å². The van der Waals surface area contributed by atoms with E-state index in [1.807, 2.05) is 13.0 Å². The molecule has 0 spiro atoms. The summed E-state index contributed by atoms with van der Waals surface area (Å²) in [6.07, 6.45) is 0.338. The summed E-state index contributed by atoms with van der Waals surface area (Å²) in [6.45, 7) is 5.09. The predicted octanol–water partition coefficient (Wildman–Crippen LogP) is 4.71. The number of sulfonamides is 1. The highest BCUT2D eigenvalue weighted by Gasteiger charge is 2.34. The number of likely N-dealkylation sites (N-methyl/N-ethyl adjacent to an activating group) is 1. The molecule has 1 N–H and O–H groups in total. The maximum atomic E-state index is 13.9. The van der Waals surface area contributed by atoms with Gasteiger partial charge in [0.2, 0.25) is 11.8 Å². The Balaban J connectivity index is 2.10. The van der Waals surface area contributed by atoms with Gasteiger partial charge in [0.15, 0.2) is 0 Å². The quantitative estimate of drug-likeness (QED) is 0.403. The molecule has 0 radical (unpaired) electrons. The van der Waals surface area contributed by atoms with Crippen LogP contribution in [0.3, 0.4) is 0 Å².